The van der Waals surface area contributed by atoms with E-state index in [4.69, 9.17) is 11.6 Å². The number of benzene rings is 1. The maximum absolute atomic E-state index is 12.8. The van der Waals surface area contributed by atoms with Crippen LogP contribution in [0.2, 0.25) is 5.02 Å². The first-order valence-corrected chi connectivity index (χ1v) is 9.10. The molecule has 134 valence electrons. The standard InChI is InChI=1S/C18H24ClN5O/c1-13-17(21-22-24(13)16-6-4-3-5-15(16)19)18(25)23-11-8-14(9-12-23)7-10-20-2/h3-6,14,20H,7-12H2,1-2H3. The average molecular weight is 362 g/mol. The molecule has 0 bridgehead atoms. The largest absolute Gasteiger partial charge is 0.337 e. The minimum Gasteiger partial charge on any atom is -0.337 e. The van der Waals surface area contributed by atoms with Crippen LogP contribution in [0.4, 0.5) is 0 Å². The molecule has 0 unspecified atom stereocenters. The van der Waals surface area contributed by atoms with Crippen LogP contribution in [0.1, 0.15) is 35.4 Å². The molecule has 1 aromatic heterocycles. The molecule has 1 fully saturated rings. The summed E-state index contributed by atoms with van der Waals surface area (Å²) in [5, 5.41) is 12.1. The van der Waals surface area contributed by atoms with Crippen molar-refractivity contribution in [2.75, 3.05) is 26.7 Å². The van der Waals surface area contributed by atoms with Crippen LogP contribution in [0, 0.1) is 12.8 Å². The van der Waals surface area contributed by atoms with E-state index >= 15 is 0 Å². The molecule has 6 nitrogen and oxygen atoms in total. The quantitative estimate of drug-likeness (QED) is 0.889. The van der Waals surface area contributed by atoms with Gasteiger partial charge in [0.05, 0.1) is 16.4 Å². The second kappa shape index (κ2) is 7.97. The molecule has 2 aromatic rings. The molecule has 1 saturated heterocycles. The fourth-order valence-electron chi connectivity index (χ4n) is 3.30. The van der Waals surface area contributed by atoms with Crippen LogP contribution in [0.5, 0.6) is 0 Å². The number of piperidine rings is 1. The van der Waals surface area contributed by atoms with E-state index in [0.29, 0.717) is 16.6 Å². The van der Waals surface area contributed by atoms with Gasteiger partial charge in [0.1, 0.15) is 0 Å². The zero-order valence-electron chi connectivity index (χ0n) is 14.7. The van der Waals surface area contributed by atoms with Gasteiger partial charge in [-0.1, -0.05) is 28.9 Å². The molecule has 25 heavy (non-hydrogen) atoms. The van der Waals surface area contributed by atoms with Crippen LogP contribution in [0.3, 0.4) is 0 Å². The fourth-order valence-corrected chi connectivity index (χ4v) is 3.52. The number of rotatable bonds is 5. The van der Waals surface area contributed by atoms with Gasteiger partial charge >= 0.3 is 0 Å². The van der Waals surface area contributed by atoms with Gasteiger partial charge in [0.2, 0.25) is 0 Å². The van der Waals surface area contributed by atoms with Gasteiger partial charge in [0.25, 0.3) is 5.91 Å². The first-order chi connectivity index (χ1) is 12.1. The van der Waals surface area contributed by atoms with Crippen molar-refractivity contribution in [1.29, 1.82) is 0 Å². The van der Waals surface area contributed by atoms with Gasteiger partial charge in [-0.2, -0.15) is 0 Å². The summed E-state index contributed by atoms with van der Waals surface area (Å²) in [6.45, 7) is 4.46. The van der Waals surface area contributed by atoms with Crippen molar-refractivity contribution in [3.8, 4) is 5.69 Å². The van der Waals surface area contributed by atoms with Gasteiger partial charge in [-0.05, 0) is 57.8 Å². The number of nitrogens with one attached hydrogen (secondary N) is 1. The van der Waals surface area contributed by atoms with Crippen LogP contribution in [0.15, 0.2) is 24.3 Å². The lowest BCUT2D eigenvalue weighted by molar-refractivity contribution is 0.0680. The minimum atomic E-state index is -0.0390. The summed E-state index contributed by atoms with van der Waals surface area (Å²) in [7, 11) is 1.98. The van der Waals surface area contributed by atoms with E-state index in [-0.39, 0.29) is 5.91 Å². The van der Waals surface area contributed by atoms with Crippen LogP contribution in [-0.2, 0) is 0 Å². The van der Waals surface area contributed by atoms with Crippen molar-refractivity contribution < 1.29 is 4.79 Å². The molecular weight excluding hydrogens is 338 g/mol. The highest BCUT2D eigenvalue weighted by Gasteiger charge is 2.27. The third kappa shape index (κ3) is 3.85. The summed E-state index contributed by atoms with van der Waals surface area (Å²) >= 11 is 6.24. The summed E-state index contributed by atoms with van der Waals surface area (Å²) in [6, 6.07) is 7.42. The predicted molar refractivity (Wildman–Crippen MR) is 98.3 cm³/mol. The van der Waals surface area contributed by atoms with E-state index in [1.54, 1.807) is 10.7 Å². The zero-order chi connectivity index (χ0) is 17.8. The van der Waals surface area contributed by atoms with Crippen LogP contribution in [0.25, 0.3) is 5.69 Å². The number of halogens is 1. The first kappa shape index (κ1) is 17.9. The molecule has 1 aromatic carbocycles. The van der Waals surface area contributed by atoms with E-state index in [0.717, 1.165) is 43.9 Å². The van der Waals surface area contributed by atoms with E-state index in [1.165, 1.54) is 6.42 Å². The highest BCUT2D eigenvalue weighted by atomic mass is 35.5. The number of amides is 1. The van der Waals surface area contributed by atoms with Crippen molar-refractivity contribution in [2.45, 2.75) is 26.2 Å². The van der Waals surface area contributed by atoms with Crippen molar-refractivity contribution in [2.24, 2.45) is 5.92 Å². The molecule has 0 radical (unpaired) electrons. The summed E-state index contributed by atoms with van der Waals surface area (Å²) in [6.07, 6.45) is 3.26. The Morgan fingerprint density at radius 3 is 2.72 bits per heavy atom. The van der Waals surface area contributed by atoms with Crippen molar-refractivity contribution in [1.82, 2.24) is 25.2 Å². The normalized spacial score (nSPS) is 15.6. The van der Waals surface area contributed by atoms with Crippen LogP contribution < -0.4 is 5.32 Å². The summed E-state index contributed by atoms with van der Waals surface area (Å²) in [5.74, 6) is 0.652. The topological polar surface area (TPSA) is 63.1 Å². The lowest BCUT2D eigenvalue weighted by atomic mass is 9.93. The molecule has 1 N–H and O–H groups in total. The molecule has 0 spiro atoms. The number of nitrogens with zero attached hydrogens (tertiary/aromatic N) is 4. The second-order valence-electron chi connectivity index (χ2n) is 6.51. The Labute approximate surface area is 153 Å². The van der Waals surface area contributed by atoms with Gasteiger partial charge < -0.3 is 10.2 Å². The number of likely N-dealkylation sites (tertiary alicyclic amines) is 1. The summed E-state index contributed by atoms with van der Waals surface area (Å²) in [5.41, 5.74) is 1.86. The maximum atomic E-state index is 12.8. The third-order valence-corrected chi connectivity index (χ3v) is 5.20. The molecule has 0 atom stereocenters. The van der Waals surface area contributed by atoms with Crippen LogP contribution >= 0.6 is 11.6 Å². The Bertz CT molecular complexity index is 737. The van der Waals surface area contributed by atoms with Gasteiger partial charge in [-0.3, -0.25) is 4.79 Å². The molecule has 0 saturated carbocycles. The molecular formula is C18H24ClN5O. The SMILES string of the molecule is CNCCC1CCN(C(=O)c2nnn(-c3ccccc3Cl)c2C)CC1. The molecule has 2 heterocycles. The maximum Gasteiger partial charge on any atom is 0.276 e. The number of hydrogen-bond donors (Lipinski definition) is 1. The second-order valence-corrected chi connectivity index (χ2v) is 6.92. The lowest BCUT2D eigenvalue weighted by Gasteiger charge is -2.31. The zero-order valence-corrected chi connectivity index (χ0v) is 15.5. The monoisotopic (exact) mass is 361 g/mol. The number of carbonyl (C=O) groups excluding carboxylic acids is 1. The smallest absolute Gasteiger partial charge is 0.276 e. The molecule has 1 amide bonds. The molecule has 3 rings (SSSR count). The number of aromatic nitrogens is 3. The van der Waals surface area contributed by atoms with Crippen molar-refractivity contribution >= 4 is 17.5 Å². The fraction of sp³-hybridized carbons (Fsp3) is 0.500. The Kier molecular flexibility index (Phi) is 5.71. The minimum absolute atomic E-state index is 0.0390. The first-order valence-electron chi connectivity index (χ1n) is 8.73. The van der Waals surface area contributed by atoms with E-state index in [1.807, 2.05) is 37.1 Å². The van der Waals surface area contributed by atoms with Gasteiger partial charge in [0.15, 0.2) is 5.69 Å². The number of carbonyl (C=O) groups is 1. The Morgan fingerprint density at radius 2 is 2.04 bits per heavy atom. The Balaban J connectivity index is 1.71. The lowest BCUT2D eigenvalue weighted by Crippen LogP contribution is -2.39. The average Bonchev–Trinajstić information content (AvgIpc) is 3.01. The van der Waals surface area contributed by atoms with Gasteiger partial charge in [-0.15, -0.1) is 5.10 Å². The summed E-state index contributed by atoms with van der Waals surface area (Å²) in [4.78, 5) is 14.7. The highest BCUT2D eigenvalue weighted by molar-refractivity contribution is 6.32. The van der Waals surface area contributed by atoms with Crippen molar-refractivity contribution in [3.63, 3.8) is 0 Å². The van der Waals surface area contributed by atoms with Gasteiger partial charge in [-0.25, -0.2) is 4.68 Å². The highest BCUT2D eigenvalue weighted by Crippen LogP contribution is 2.24. The predicted octanol–water partition coefficient (Wildman–Crippen LogP) is 2.69. The van der Waals surface area contributed by atoms with E-state index < -0.39 is 0 Å². The number of hydrogen-bond acceptors (Lipinski definition) is 4. The summed E-state index contributed by atoms with van der Waals surface area (Å²) < 4.78 is 1.63. The Hall–Kier alpha value is -1.92. The molecule has 1 aliphatic heterocycles. The van der Waals surface area contributed by atoms with Crippen molar-refractivity contribution in [3.05, 3.63) is 40.7 Å². The van der Waals surface area contributed by atoms with E-state index in [2.05, 4.69) is 15.6 Å². The molecule has 1 aliphatic rings. The third-order valence-electron chi connectivity index (χ3n) is 4.88. The van der Waals surface area contributed by atoms with Gasteiger partial charge in [0, 0.05) is 13.1 Å². The molecule has 0 aliphatic carbocycles. The van der Waals surface area contributed by atoms with E-state index in [9.17, 15) is 4.79 Å². The van der Waals surface area contributed by atoms with Crippen LogP contribution in [-0.4, -0.2) is 52.5 Å². The number of para-hydroxylation sites is 1. The molecule has 7 heteroatoms. The Morgan fingerprint density at radius 1 is 1.32 bits per heavy atom.